The lowest BCUT2D eigenvalue weighted by molar-refractivity contribution is -0.138. The molecule has 0 saturated heterocycles. The van der Waals surface area contributed by atoms with Crippen LogP contribution in [0.1, 0.15) is 23.6 Å². The van der Waals surface area contributed by atoms with Crippen molar-refractivity contribution < 1.29 is 19.4 Å². The number of aliphatic carboxylic acids is 1. The van der Waals surface area contributed by atoms with Crippen LogP contribution < -0.4 is 10.7 Å². The molecule has 1 aromatic heterocycles. The number of ether oxygens (including phenoxy) is 1. The number of hydrogen-bond donors (Lipinski definition) is 3. The number of aryl methyl sites for hydroxylation is 1. The molecule has 9 nitrogen and oxygen atoms in total. The van der Waals surface area contributed by atoms with Crippen molar-refractivity contribution in [2.45, 2.75) is 25.6 Å². The number of carboxylic acids is 1. The van der Waals surface area contributed by atoms with E-state index >= 15 is 0 Å². The number of amides is 1. The summed E-state index contributed by atoms with van der Waals surface area (Å²) in [6, 6.07) is 11.3. The Morgan fingerprint density at radius 1 is 1.33 bits per heavy atom. The molecule has 1 aliphatic carbocycles. The van der Waals surface area contributed by atoms with Crippen molar-refractivity contribution in [3.63, 3.8) is 0 Å². The Balaban J connectivity index is 1.54. The van der Waals surface area contributed by atoms with Crippen molar-refractivity contribution in [2.24, 2.45) is 10.4 Å². The maximum absolute atomic E-state index is 12.0. The second kappa shape index (κ2) is 7.99. The van der Waals surface area contributed by atoms with E-state index in [9.17, 15) is 9.59 Å². The summed E-state index contributed by atoms with van der Waals surface area (Å²) in [6.07, 6.45) is -0.799. The third-order valence-corrected chi connectivity index (χ3v) is 8.17. The molecule has 2 heterocycles. The second-order valence-corrected chi connectivity index (χ2v) is 9.74. The highest BCUT2D eigenvalue weighted by atomic mass is 79.9. The minimum Gasteiger partial charge on any atom is -0.480 e. The molecule has 11 heteroatoms. The highest BCUT2D eigenvalue weighted by molar-refractivity contribution is 9.10. The number of rotatable bonds is 5. The van der Waals surface area contributed by atoms with E-state index in [-0.39, 0.29) is 13.2 Å². The molecule has 0 saturated carbocycles. The van der Waals surface area contributed by atoms with Crippen molar-refractivity contribution in [2.75, 3.05) is 13.2 Å². The Kier molecular flexibility index (Phi) is 5.25. The molecule has 33 heavy (non-hydrogen) atoms. The van der Waals surface area contributed by atoms with Gasteiger partial charge in [0.1, 0.15) is 12.6 Å². The summed E-state index contributed by atoms with van der Waals surface area (Å²) in [5, 5.41) is 22.7. The molecule has 0 radical (unpaired) electrons. The first-order valence-electron chi connectivity index (χ1n) is 10.3. The number of nitrogens with one attached hydrogen (secondary N) is 2. The third-order valence-electron chi connectivity index (χ3n) is 5.92. The zero-order valence-corrected chi connectivity index (χ0v) is 20.2. The molecular weight excluding hydrogens is 510 g/mol. The second-order valence-electron chi connectivity index (χ2n) is 7.90. The number of hydrogen-bond acceptors (Lipinski definition) is 8. The molecule has 1 aliphatic heterocycles. The average Bonchev–Trinajstić information content (AvgIpc) is 3.33. The van der Waals surface area contributed by atoms with Gasteiger partial charge in [0.2, 0.25) is 0 Å². The van der Waals surface area contributed by atoms with Crippen molar-refractivity contribution in [3.8, 4) is 10.4 Å². The third kappa shape index (κ3) is 3.25. The number of thiophene rings is 1. The number of alkyl carbamates (subject to hydrolysis) is 1. The Labute approximate surface area is 201 Å². The maximum atomic E-state index is 12.0. The molecular formula is C22H20BrN5O4S. The number of nitrogens with zero attached hydrogens (tertiary/aromatic N) is 3. The van der Waals surface area contributed by atoms with Gasteiger partial charge in [0.25, 0.3) is 0 Å². The fourth-order valence-corrected chi connectivity index (χ4v) is 6.55. The van der Waals surface area contributed by atoms with Crippen LogP contribution in [-0.4, -0.2) is 41.4 Å². The number of halogens is 1. The summed E-state index contributed by atoms with van der Waals surface area (Å²) in [5.41, 5.74) is 6.55. The van der Waals surface area contributed by atoms with Crippen LogP contribution in [0.25, 0.3) is 20.5 Å². The molecule has 1 unspecified atom stereocenters. The summed E-state index contributed by atoms with van der Waals surface area (Å²) in [7, 11) is 0. The molecule has 2 bridgehead atoms. The summed E-state index contributed by atoms with van der Waals surface area (Å²) in [4.78, 5) is 24.1. The van der Waals surface area contributed by atoms with Gasteiger partial charge in [-0.15, -0.1) is 11.3 Å². The SMILES string of the molecule is Cc1ccc2sc3c(Br)c2c1C1(NN=NN1CCOC(=O)N[C@@H](C)C(=O)O)c1ccccc1-3. The standard InChI is InChI=1S/C22H20BrN5O4S/c1-11-7-8-15-16-17(11)22(14-6-4-3-5-13(14)19(33-15)18(16)23)25-26-27-28(22)9-10-32-21(31)24-12(2)20(29)30/h3-8,12H,9-10H2,1-2H3,(H,24,31)(H,25,27)(H,29,30)/t12-,22?/m0/s1. The average molecular weight is 530 g/mol. The summed E-state index contributed by atoms with van der Waals surface area (Å²) in [6.45, 7) is 3.66. The van der Waals surface area contributed by atoms with E-state index in [1.165, 1.54) is 6.92 Å². The predicted octanol–water partition coefficient (Wildman–Crippen LogP) is 4.54. The first-order valence-corrected chi connectivity index (χ1v) is 11.9. The fraction of sp³-hybridized carbons (Fsp3) is 0.273. The number of carbonyl (C=O) groups excluding carboxylic acids is 1. The number of carbonyl (C=O) groups is 2. The highest BCUT2D eigenvalue weighted by Gasteiger charge is 2.49. The van der Waals surface area contributed by atoms with Crippen molar-refractivity contribution >= 4 is 49.4 Å². The van der Waals surface area contributed by atoms with E-state index in [2.05, 4.69) is 68.3 Å². The minimum atomic E-state index is -1.14. The molecule has 0 fully saturated rings. The van der Waals surface area contributed by atoms with Crippen LogP contribution >= 0.6 is 27.3 Å². The summed E-state index contributed by atoms with van der Waals surface area (Å²) in [5.74, 6) is -1.14. The molecule has 2 atom stereocenters. The van der Waals surface area contributed by atoms with Crippen molar-refractivity contribution in [1.82, 2.24) is 15.8 Å². The summed E-state index contributed by atoms with van der Waals surface area (Å²) >= 11 is 5.57. The van der Waals surface area contributed by atoms with Gasteiger partial charge in [0.05, 0.1) is 11.4 Å². The van der Waals surface area contributed by atoms with E-state index in [0.717, 1.165) is 41.7 Å². The van der Waals surface area contributed by atoms with Gasteiger partial charge >= 0.3 is 12.1 Å². The smallest absolute Gasteiger partial charge is 0.407 e. The molecule has 2 aromatic carbocycles. The van der Waals surface area contributed by atoms with Gasteiger partial charge in [-0.25, -0.2) is 9.80 Å². The number of benzene rings is 2. The van der Waals surface area contributed by atoms with Crippen molar-refractivity contribution in [1.29, 1.82) is 0 Å². The monoisotopic (exact) mass is 529 g/mol. The molecule has 1 spiro atoms. The zero-order valence-electron chi connectivity index (χ0n) is 17.8. The van der Waals surface area contributed by atoms with Gasteiger partial charge in [-0.3, -0.25) is 10.2 Å². The maximum Gasteiger partial charge on any atom is 0.407 e. The van der Waals surface area contributed by atoms with E-state index in [4.69, 9.17) is 9.84 Å². The van der Waals surface area contributed by atoms with Crippen molar-refractivity contribution in [3.05, 3.63) is 57.6 Å². The Morgan fingerprint density at radius 2 is 2.12 bits per heavy atom. The zero-order chi connectivity index (χ0) is 23.3. The lowest BCUT2D eigenvalue weighted by Crippen LogP contribution is -2.51. The highest BCUT2D eigenvalue weighted by Crippen LogP contribution is 2.55. The van der Waals surface area contributed by atoms with E-state index in [1.807, 2.05) is 12.1 Å². The van der Waals surface area contributed by atoms with E-state index < -0.39 is 23.8 Å². The Morgan fingerprint density at radius 3 is 2.91 bits per heavy atom. The molecule has 2 aliphatic rings. The Bertz CT molecular complexity index is 1330. The minimum absolute atomic E-state index is 0.00688. The van der Waals surface area contributed by atoms with Crippen LogP contribution in [0.4, 0.5) is 4.79 Å². The van der Waals surface area contributed by atoms with Gasteiger partial charge in [-0.05, 0) is 41.4 Å². The molecule has 3 aromatic rings. The van der Waals surface area contributed by atoms with E-state index in [1.54, 1.807) is 16.3 Å². The van der Waals surface area contributed by atoms with Crippen LogP contribution in [0.15, 0.2) is 51.3 Å². The van der Waals surface area contributed by atoms with Gasteiger partial charge in [-0.2, -0.15) is 0 Å². The lowest BCUT2D eigenvalue weighted by Gasteiger charge is -2.38. The summed E-state index contributed by atoms with van der Waals surface area (Å²) < 4.78 is 7.43. The number of fused-ring (bicyclic) bond motifs is 5. The normalized spacial score (nSPS) is 18.8. The lowest BCUT2D eigenvalue weighted by atomic mass is 9.85. The van der Waals surface area contributed by atoms with Crippen LogP contribution in [0.2, 0.25) is 0 Å². The molecule has 3 N–H and O–H groups in total. The first kappa shape index (κ1) is 21.7. The molecule has 1 amide bonds. The largest absolute Gasteiger partial charge is 0.480 e. The molecule has 5 rings (SSSR count). The van der Waals surface area contributed by atoms with Gasteiger partial charge < -0.3 is 15.2 Å². The van der Waals surface area contributed by atoms with Gasteiger partial charge in [-0.1, -0.05) is 40.8 Å². The quantitative estimate of drug-likeness (QED) is 0.446. The number of carboxylic acid groups (broad SMARTS) is 1. The van der Waals surface area contributed by atoms with E-state index in [0.29, 0.717) is 0 Å². The topological polar surface area (TPSA) is 116 Å². The van der Waals surface area contributed by atoms with Crippen LogP contribution in [0.3, 0.4) is 0 Å². The van der Waals surface area contributed by atoms with Gasteiger partial charge in [0, 0.05) is 31.2 Å². The Hall–Kier alpha value is -3.18. The predicted molar refractivity (Wildman–Crippen MR) is 127 cm³/mol. The van der Waals surface area contributed by atoms with Crippen LogP contribution in [-0.2, 0) is 15.2 Å². The fourth-order valence-electron chi connectivity index (χ4n) is 4.40. The van der Waals surface area contributed by atoms with Crippen LogP contribution in [0.5, 0.6) is 0 Å². The molecule has 170 valence electrons. The van der Waals surface area contributed by atoms with Gasteiger partial charge in [0.15, 0.2) is 5.66 Å². The van der Waals surface area contributed by atoms with Crippen LogP contribution in [0, 0.1) is 6.92 Å². The first-order chi connectivity index (χ1) is 15.8.